The molecular weight excluding hydrogens is 420 g/mol. The van der Waals surface area contributed by atoms with Crippen LogP contribution in [0.3, 0.4) is 0 Å². The fourth-order valence-electron chi connectivity index (χ4n) is 6.13. The molecular formula is C28H46N2Si2. The van der Waals surface area contributed by atoms with Gasteiger partial charge in [-0.2, -0.15) is 0 Å². The Labute approximate surface area is 200 Å². The Morgan fingerprint density at radius 1 is 0.469 bits per heavy atom. The van der Waals surface area contributed by atoms with Crippen LogP contribution in [0, 0.1) is 0 Å². The molecule has 0 aromatic heterocycles. The second kappa shape index (κ2) is 8.68. The van der Waals surface area contributed by atoms with Crippen LogP contribution in [0.25, 0.3) is 0 Å². The predicted octanol–water partition coefficient (Wildman–Crippen LogP) is 8.91. The summed E-state index contributed by atoms with van der Waals surface area (Å²) in [6.07, 6.45) is 0. The smallest absolute Gasteiger partial charge is 0.244 e. The molecule has 0 bridgehead atoms. The Balaban J connectivity index is 2.27. The molecule has 32 heavy (non-hydrogen) atoms. The summed E-state index contributed by atoms with van der Waals surface area (Å²) in [6, 6.07) is 14.1. The molecule has 0 saturated carbocycles. The van der Waals surface area contributed by atoms with E-state index in [1.54, 1.807) is 11.4 Å². The second-order valence-electron chi connectivity index (χ2n) is 11.8. The van der Waals surface area contributed by atoms with Gasteiger partial charge in [0.05, 0.1) is 0 Å². The number of rotatable bonds is 6. The molecule has 0 atom stereocenters. The summed E-state index contributed by atoms with van der Waals surface area (Å²) in [7, 11) is -3.81. The molecule has 3 rings (SSSR count). The molecule has 0 radical (unpaired) electrons. The maximum absolute atomic E-state index is 2.98. The van der Waals surface area contributed by atoms with E-state index in [2.05, 4.69) is 126 Å². The lowest BCUT2D eigenvalue weighted by Gasteiger charge is -2.70. The molecule has 0 amide bonds. The molecule has 0 unspecified atom stereocenters. The zero-order valence-corrected chi connectivity index (χ0v) is 24.7. The van der Waals surface area contributed by atoms with Gasteiger partial charge in [0.15, 0.2) is 0 Å². The van der Waals surface area contributed by atoms with Gasteiger partial charge in [0, 0.05) is 11.4 Å². The Kier molecular flexibility index (Phi) is 6.81. The zero-order chi connectivity index (χ0) is 24.2. The monoisotopic (exact) mass is 466 g/mol. The Morgan fingerprint density at radius 3 is 0.875 bits per heavy atom. The first-order valence-electron chi connectivity index (χ1n) is 12.6. The molecule has 1 aliphatic heterocycles. The number of hydrogen-bond donors (Lipinski definition) is 0. The second-order valence-corrected chi connectivity index (χ2v) is 20.5. The largest absolute Gasteiger partial charge is 0.392 e. The van der Waals surface area contributed by atoms with E-state index in [9.17, 15) is 0 Å². The first kappa shape index (κ1) is 25.1. The Bertz CT molecular complexity index is 829. The van der Waals surface area contributed by atoms with Crippen molar-refractivity contribution in [2.45, 2.75) is 105 Å². The molecule has 176 valence electrons. The average Bonchev–Trinajstić information content (AvgIpc) is 2.66. The van der Waals surface area contributed by atoms with E-state index in [1.807, 2.05) is 0 Å². The van der Waals surface area contributed by atoms with Crippen LogP contribution in [-0.2, 0) is 0 Å². The summed E-state index contributed by atoms with van der Waals surface area (Å²) in [5.74, 6) is 2.12. The van der Waals surface area contributed by atoms with Crippen molar-refractivity contribution in [3.05, 3.63) is 58.7 Å². The van der Waals surface area contributed by atoms with Gasteiger partial charge in [-0.25, -0.2) is 0 Å². The van der Waals surface area contributed by atoms with E-state index in [0.717, 1.165) is 0 Å². The highest BCUT2D eigenvalue weighted by atomic mass is 28.5. The highest BCUT2D eigenvalue weighted by molar-refractivity contribution is 7.20. The van der Waals surface area contributed by atoms with Crippen LogP contribution in [-0.4, -0.2) is 16.8 Å². The van der Waals surface area contributed by atoms with Crippen molar-refractivity contribution in [1.82, 2.24) is 0 Å². The van der Waals surface area contributed by atoms with Crippen LogP contribution in [0.5, 0.6) is 0 Å². The zero-order valence-electron chi connectivity index (χ0n) is 22.7. The Morgan fingerprint density at radius 2 is 0.688 bits per heavy atom. The van der Waals surface area contributed by atoms with Gasteiger partial charge in [-0.1, -0.05) is 91.8 Å². The van der Waals surface area contributed by atoms with Crippen LogP contribution >= 0.6 is 0 Å². The molecule has 2 aromatic rings. The van der Waals surface area contributed by atoms with Gasteiger partial charge in [0.1, 0.15) is 0 Å². The third-order valence-electron chi connectivity index (χ3n) is 7.32. The van der Waals surface area contributed by atoms with E-state index in [1.165, 1.54) is 22.3 Å². The SMILES string of the molecule is CC(C)c1cccc(C(C)C)c1N1[Si](C)(C)N(c2c(C(C)C)cccc2C(C)C)[Si]1(C)C. The number of para-hydroxylation sites is 2. The van der Waals surface area contributed by atoms with Crippen LogP contribution < -0.4 is 8.46 Å². The van der Waals surface area contributed by atoms with Crippen molar-refractivity contribution in [3.8, 4) is 0 Å². The predicted molar refractivity (Wildman–Crippen MR) is 149 cm³/mol. The van der Waals surface area contributed by atoms with E-state index < -0.39 is 16.8 Å². The van der Waals surface area contributed by atoms with E-state index >= 15 is 0 Å². The van der Waals surface area contributed by atoms with Crippen LogP contribution in [0.4, 0.5) is 11.4 Å². The first-order chi connectivity index (χ1) is 14.7. The lowest BCUT2D eigenvalue weighted by molar-refractivity contribution is 0.823. The first-order valence-corrected chi connectivity index (χ1v) is 18.4. The van der Waals surface area contributed by atoms with Gasteiger partial charge in [0.25, 0.3) is 0 Å². The minimum Gasteiger partial charge on any atom is -0.392 e. The summed E-state index contributed by atoms with van der Waals surface area (Å²) < 4.78 is 5.96. The lowest BCUT2D eigenvalue weighted by atomic mass is 9.93. The summed E-state index contributed by atoms with van der Waals surface area (Å²) in [4.78, 5) is 0. The van der Waals surface area contributed by atoms with Gasteiger partial charge in [0.2, 0.25) is 16.8 Å². The summed E-state index contributed by atoms with van der Waals surface area (Å²) in [5, 5.41) is 0. The van der Waals surface area contributed by atoms with Crippen LogP contribution in [0.15, 0.2) is 36.4 Å². The lowest BCUT2D eigenvalue weighted by Crippen LogP contribution is -2.91. The topological polar surface area (TPSA) is 6.48 Å². The van der Waals surface area contributed by atoms with Crippen LogP contribution in [0.2, 0.25) is 26.2 Å². The number of hydrogen-bond acceptors (Lipinski definition) is 2. The molecule has 1 aliphatic rings. The molecule has 1 saturated heterocycles. The molecule has 0 spiro atoms. The van der Waals surface area contributed by atoms with Crippen molar-refractivity contribution >= 4 is 28.2 Å². The maximum atomic E-state index is 2.98. The van der Waals surface area contributed by atoms with Crippen molar-refractivity contribution in [3.63, 3.8) is 0 Å². The average molecular weight is 467 g/mol. The third kappa shape index (κ3) is 3.88. The summed E-state index contributed by atoms with van der Waals surface area (Å²) in [6.45, 7) is 29.2. The van der Waals surface area contributed by atoms with Crippen molar-refractivity contribution < 1.29 is 0 Å². The standard InChI is InChI=1S/C28H46N2Si2/c1-19(2)23-15-13-16-24(20(3)4)27(23)29-31(9,10)30(32(29,11)12)28-25(21(5)6)17-14-18-26(28)22(7)8/h13-22H,1-12H3. The summed E-state index contributed by atoms with van der Waals surface area (Å²) >= 11 is 0. The summed E-state index contributed by atoms with van der Waals surface area (Å²) in [5.41, 5.74) is 9.23. The fourth-order valence-corrected chi connectivity index (χ4v) is 21.0. The van der Waals surface area contributed by atoms with E-state index in [4.69, 9.17) is 0 Å². The van der Waals surface area contributed by atoms with Crippen molar-refractivity contribution in [2.75, 3.05) is 8.46 Å². The van der Waals surface area contributed by atoms with Crippen LogP contribution in [0.1, 0.15) is 101 Å². The molecule has 1 heterocycles. The third-order valence-corrected chi connectivity index (χ3v) is 19.2. The van der Waals surface area contributed by atoms with Gasteiger partial charge in [-0.15, -0.1) is 0 Å². The number of nitrogens with zero attached hydrogens (tertiary/aromatic N) is 2. The van der Waals surface area contributed by atoms with Gasteiger partial charge in [-0.05, 0) is 72.1 Å². The highest BCUT2D eigenvalue weighted by Gasteiger charge is 2.63. The molecule has 0 N–H and O–H groups in total. The fraction of sp³-hybridized carbons (Fsp3) is 0.571. The van der Waals surface area contributed by atoms with Gasteiger partial charge >= 0.3 is 0 Å². The van der Waals surface area contributed by atoms with Crippen molar-refractivity contribution in [1.29, 1.82) is 0 Å². The maximum Gasteiger partial charge on any atom is 0.244 e. The Hall–Kier alpha value is -1.53. The molecule has 2 nitrogen and oxygen atoms in total. The highest BCUT2D eigenvalue weighted by Crippen LogP contribution is 2.52. The molecule has 0 aliphatic carbocycles. The van der Waals surface area contributed by atoms with Gasteiger partial charge in [-0.3, -0.25) is 0 Å². The molecule has 2 aromatic carbocycles. The molecule has 1 fully saturated rings. The normalized spacial score (nSPS) is 17.6. The quantitative estimate of drug-likeness (QED) is 0.392. The number of anilines is 2. The minimum atomic E-state index is -1.91. The van der Waals surface area contributed by atoms with E-state index in [-0.39, 0.29) is 0 Å². The van der Waals surface area contributed by atoms with E-state index in [0.29, 0.717) is 23.7 Å². The minimum absolute atomic E-state index is 0.529. The number of benzene rings is 2. The molecule has 4 heteroatoms. The van der Waals surface area contributed by atoms with Crippen molar-refractivity contribution in [2.24, 2.45) is 0 Å². The van der Waals surface area contributed by atoms with Gasteiger partial charge < -0.3 is 8.46 Å².